The Hall–Kier alpha value is -1.91. The molecule has 5 heteroatoms. The number of carbonyl (C=O) groups excluding carboxylic acids is 1. The standard InChI is InChI=1S/C16H14ClFN2O/c17-13-5-3-6-14(18)12(13)10-20-15-7-2-1-4-11(15)8-19-9-16(20)21/h1-7,19H,8-10H2. The summed E-state index contributed by atoms with van der Waals surface area (Å²) in [5.74, 6) is -0.496. The van der Waals surface area contributed by atoms with Gasteiger partial charge in [-0.3, -0.25) is 4.79 Å². The molecule has 2 aromatic carbocycles. The smallest absolute Gasteiger partial charge is 0.241 e. The van der Waals surface area contributed by atoms with Crippen LogP contribution >= 0.6 is 11.6 Å². The molecule has 0 saturated carbocycles. The number of halogens is 2. The van der Waals surface area contributed by atoms with Crippen LogP contribution in [0.3, 0.4) is 0 Å². The third-order valence-electron chi connectivity index (χ3n) is 3.55. The molecule has 1 heterocycles. The Bertz CT molecular complexity index is 669. The van der Waals surface area contributed by atoms with E-state index in [1.165, 1.54) is 6.07 Å². The topological polar surface area (TPSA) is 32.3 Å². The van der Waals surface area contributed by atoms with Crippen LogP contribution in [-0.2, 0) is 17.9 Å². The molecular weight excluding hydrogens is 291 g/mol. The highest BCUT2D eigenvalue weighted by Crippen LogP contribution is 2.27. The van der Waals surface area contributed by atoms with Gasteiger partial charge in [0.1, 0.15) is 5.82 Å². The summed E-state index contributed by atoms with van der Waals surface area (Å²) in [5, 5.41) is 3.41. The molecule has 21 heavy (non-hydrogen) atoms. The lowest BCUT2D eigenvalue weighted by molar-refractivity contribution is -0.117. The highest BCUT2D eigenvalue weighted by atomic mass is 35.5. The van der Waals surface area contributed by atoms with Crippen molar-refractivity contribution in [2.75, 3.05) is 11.4 Å². The number of rotatable bonds is 2. The van der Waals surface area contributed by atoms with E-state index in [-0.39, 0.29) is 19.0 Å². The number of fused-ring (bicyclic) bond motifs is 1. The van der Waals surface area contributed by atoms with E-state index in [0.29, 0.717) is 17.1 Å². The third kappa shape index (κ3) is 2.77. The lowest BCUT2D eigenvalue weighted by atomic mass is 10.1. The first kappa shape index (κ1) is 14.0. The van der Waals surface area contributed by atoms with Crippen molar-refractivity contribution in [3.8, 4) is 0 Å². The molecule has 1 amide bonds. The van der Waals surface area contributed by atoms with Crippen molar-refractivity contribution < 1.29 is 9.18 Å². The van der Waals surface area contributed by atoms with Crippen LogP contribution in [0.2, 0.25) is 5.02 Å². The molecule has 0 fully saturated rings. The van der Waals surface area contributed by atoms with Gasteiger partial charge in [0.2, 0.25) is 5.91 Å². The predicted octanol–water partition coefficient (Wildman–Crippen LogP) is 3.12. The van der Waals surface area contributed by atoms with Gasteiger partial charge in [-0.25, -0.2) is 4.39 Å². The number of nitrogens with zero attached hydrogens (tertiary/aromatic N) is 1. The van der Waals surface area contributed by atoms with Gasteiger partial charge in [-0.1, -0.05) is 35.9 Å². The zero-order valence-corrected chi connectivity index (χ0v) is 12.0. The van der Waals surface area contributed by atoms with E-state index in [1.807, 2.05) is 24.3 Å². The quantitative estimate of drug-likeness (QED) is 0.924. The molecule has 2 aromatic rings. The fraction of sp³-hybridized carbons (Fsp3) is 0.188. The van der Waals surface area contributed by atoms with E-state index >= 15 is 0 Å². The van der Waals surface area contributed by atoms with Crippen LogP contribution in [-0.4, -0.2) is 12.5 Å². The number of anilines is 1. The highest BCUT2D eigenvalue weighted by Gasteiger charge is 2.23. The summed E-state index contributed by atoms with van der Waals surface area (Å²) >= 11 is 6.07. The molecule has 0 saturated heterocycles. The van der Waals surface area contributed by atoms with Gasteiger partial charge in [0.25, 0.3) is 0 Å². The van der Waals surface area contributed by atoms with E-state index < -0.39 is 5.82 Å². The largest absolute Gasteiger partial charge is 0.306 e. The fourth-order valence-corrected chi connectivity index (χ4v) is 2.70. The molecule has 0 aromatic heterocycles. The molecule has 108 valence electrons. The molecule has 0 aliphatic carbocycles. The lowest BCUT2D eigenvalue weighted by Crippen LogP contribution is -2.35. The van der Waals surface area contributed by atoms with Crippen LogP contribution in [0, 0.1) is 5.82 Å². The van der Waals surface area contributed by atoms with Crippen LogP contribution in [0.1, 0.15) is 11.1 Å². The van der Waals surface area contributed by atoms with Gasteiger partial charge in [-0.15, -0.1) is 0 Å². The Balaban J connectivity index is 2.02. The van der Waals surface area contributed by atoms with E-state index in [4.69, 9.17) is 11.6 Å². The van der Waals surface area contributed by atoms with Gasteiger partial charge in [0.05, 0.1) is 13.1 Å². The third-order valence-corrected chi connectivity index (χ3v) is 3.91. The Morgan fingerprint density at radius 3 is 2.76 bits per heavy atom. The minimum atomic E-state index is -0.398. The first-order valence-electron chi connectivity index (χ1n) is 6.68. The van der Waals surface area contributed by atoms with Crippen molar-refractivity contribution in [3.05, 3.63) is 64.4 Å². The average molecular weight is 305 g/mol. The summed E-state index contributed by atoms with van der Waals surface area (Å²) in [5.41, 5.74) is 2.15. The summed E-state index contributed by atoms with van der Waals surface area (Å²) in [4.78, 5) is 13.9. The van der Waals surface area contributed by atoms with Crippen molar-refractivity contribution in [3.63, 3.8) is 0 Å². The van der Waals surface area contributed by atoms with Crippen molar-refractivity contribution >= 4 is 23.2 Å². The Morgan fingerprint density at radius 1 is 1.14 bits per heavy atom. The summed E-state index contributed by atoms with van der Waals surface area (Å²) in [6.45, 7) is 0.965. The Labute approximate surface area is 127 Å². The van der Waals surface area contributed by atoms with E-state index in [2.05, 4.69) is 5.32 Å². The molecule has 0 spiro atoms. The van der Waals surface area contributed by atoms with Crippen LogP contribution < -0.4 is 10.2 Å². The number of hydrogen-bond donors (Lipinski definition) is 1. The monoisotopic (exact) mass is 304 g/mol. The molecule has 1 aliphatic rings. The second-order valence-electron chi connectivity index (χ2n) is 4.91. The van der Waals surface area contributed by atoms with Gasteiger partial charge >= 0.3 is 0 Å². The highest BCUT2D eigenvalue weighted by molar-refractivity contribution is 6.31. The van der Waals surface area contributed by atoms with Crippen molar-refractivity contribution in [1.82, 2.24) is 5.32 Å². The first-order valence-corrected chi connectivity index (χ1v) is 7.06. The fourth-order valence-electron chi connectivity index (χ4n) is 2.47. The molecule has 3 rings (SSSR count). The van der Waals surface area contributed by atoms with Crippen LogP contribution in [0.15, 0.2) is 42.5 Å². The number of hydrogen-bond acceptors (Lipinski definition) is 2. The normalized spacial score (nSPS) is 14.8. The number of benzene rings is 2. The van der Waals surface area contributed by atoms with E-state index in [1.54, 1.807) is 17.0 Å². The molecule has 0 radical (unpaired) electrons. The van der Waals surface area contributed by atoms with Crippen LogP contribution in [0.25, 0.3) is 0 Å². The zero-order valence-electron chi connectivity index (χ0n) is 11.3. The molecule has 0 bridgehead atoms. The number of para-hydroxylation sites is 1. The minimum Gasteiger partial charge on any atom is -0.306 e. The average Bonchev–Trinajstić information content (AvgIpc) is 2.62. The number of nitrogens with one attached hydrogen (secondary N) is 1. The first-order chi connectivity index (χ1) is 10.2. The summed E-state index contributed by atoms with van der Waals surface area (Å²) in [6.07, 6.45) is 0. The van der Waals surface area contributed by atoms with Gasteiger partial charge in [0.15, 0.2) is 0 Å². The summed E-state index contributed by atoms with van der Waals surface area (Å²) in [6, 6.07) is 12.2. The summed E-state index contributed by atoms with van der Waals surface area (Å²) in [7, 11) is 0. The van der Waals surface area contributed by atoms with Crippen molar-refractivity contribution in [1.29, 1.82) is 0 Å². The second-order valence-corrected chi connectivity index (χ2v) is 5.32. The van der Waals surface area contributed by atoms with Gasteiger partial charge in [-0.2, -0.15) is 0 Å². The maximum atomic E-state index is 14.0. The minimum absolute atomic E-state index is 0.0979. The van der Waals surface area contributed by atoms with Crippen LogP contribution in [0.4, 0.5) is 10.1 Å². The maximum Gasteiger partial charge on any atom is 0.241 e. The van der Waals surface area contributed by atoms with E-state index in [0.717, 1.165) is 11.3 Å². The molecular formula is C16H14ClFN2O. The molecule has 0 unspecified atom stereocenters. The molecule has 1 aliphatic heterocycles. The SMILES string of the molecule is O=C1CNCc2ccccc2N1Cc1c(F)cccc1Cl. The lowest BCUT2D eigenvalue weighted by Gasteiger charge is -2.23. The number of amides is 1. The zero-order chi connectivity index (χ0) is 14.8. The van der Waals surface area contributed by atoms with Crippen LogP contribution in [0.5, 0.6) is 0 Å². The second kappa shape index (κ2) is 5.84. The predicted molar refractivity (Wildman–Crippen MR) is 80.7 cm³/mol. The van der Waals surface area contributed by atoms with Crippen molar-refractivity contribution in [2.24, 2.45) is 0 Å². The van der Waals surface area contributed by atoms with Gasteiger partial charge in [0, 0.05) is 22.8 Å². The maximum absolute atomic E-state index is 14.0. The number of carbonyl (C=O) groups is 1. The molecule has 3 nitrogen and oxygen atoms in total. The molecule has 1 N–H and O–H groups in total. The van der Waals surface area contributed by atoms with E-state index in [9.17, 15) is 9.18 Å². The van der Waals surface area contributed by atoms with Crippen molar-refractivity contribution in [2.45, 2.75) is 13.1 Å². The Kier molecular flexibility index (Phi) is 3.90. The Morgan fingerprint density at radius 2 is 1.95 bits per heavy atom. The van der Waals surface area contributed by atoms with Gasteiger partial charge in [-0.05, 0) is 23.8 Å². The summed E-state index contributed by atoms with van der Waals surface area (Å²) < 4.78 is 14.0. The molecule has 0 atom stereocenters. The van der Waals surface area contributed by atoms with Gasteiger partial charge < -0.3 is 10.2 Å².